The lowest BCUT2D eigenvalue weighted by Gasteiger charge is -2.22. The molecule has 1 heterocycles. The molecule has 2 atom stereocenters. The van der Waals surface area contributed by atoms with Gasteiger partial charge in [-0.15, -0.1) is 11.3 Å². The summed E-state index contributed by atoms with van der Waals surface area (Å²) in [7, 11) is 0. The molecule has 2 N–H and O–H groups in total. The zero-order valence-electron chi connectivity index (χ0n) is 12.0. The van der Waals surface area contributed by atoms with E-state index in [0.29, 0.717) is 5.92 Å². The highest BCUT2D eigenvalue weighted by Crippen LogP contribution is 2.38. The molecule has 0 saturated heterocycles. The number of aromatic nitrogens is 1. The SMILES string of the molecule is O[C@@H]1Cc2ccccc2[C@H]1NCc1cnc(C2CCC2)s1. The number of benzene rings is 1. The monoisotopic (exact) mass is 300 g/mol. The van der Waals surface area contributed by atoms with E-state index in [0.717, 1.165) is 13.0 Å². The number of thiazole rings is 1. The van der Waals surface area contributed by atoms with Gasteiger partial charge < -0.3 is 10.4 Å². The standard InChI is InChI=1S/C17H20N2OS/c20-15-8-12-4-1-2-7-14(12)16(15)18-9-13-10-19-17(21-13)11-5-3-6-11/h1-2,4,7,10-11,15-16,18,20H,3,5-6,8-9H2/t15-,16-/m1/s1. The van der Waals surface area contributed by atoms with E-state index in [-0.39, 0.29) is 12.1 Å². The highest BCUT2D eigenvalue weighted by Gasteiger charge is 2.30. The van der Waals surface area contributed by atoms with E-state index in [1.807, 2.05) is 29.7 Å². The summed E-state index contributed by atoms with van der Waals surface area (Å²) in [5.41, 5.74) is 2.51. The summed E-state index contributed by atoms with van der Waals surface area (Å²) in [5, 5.41) is 15.1. The topological polar surface area (TPSA) is 45.1 Å². The number of fused-ring (bicyclic) bond motifs is 1. The number of nitrogens with zero attached hydrogens (tertiary/aromatic N) is 1. The second-order valence-corrected chi connectivity index (χ2v) is 7.27. The lowest BCUT2D eigenvalue weighted by molar-refractivity contribution is 0.141. The van der Waals surface area contributed by atoms with E-state index in [4.69, 9.17) is 0 Å². The molecule has 0 aliphatic heterocycles. The van der Waals surface area contributed by atoms with Crippen LogP contribution < -0.4 is 5.32 Å². The van der Waals surface area contributed by atoms with Crippen LogP contribution in [0.4, 0.5) is 0 Å². The van der Waals surface area contributed by atoms with Crippen molar-refractivity contribution in [3.63, 3.8) is 0 Å². The van der Waals surface area contributed by atoms with Crippen LogP contribution in [-0.4, -0.2) is 16.2 Å². The molecular weight excluding hydrogens is 280 g/mol. The second-order valence-electron chi connectivity index (χ2n) is 6.12. The Hall–Kier alpha value is -1.23. The molecule has 2 aliphatic rings. The van der Waals surface area contributed by atoms with Crippen molar-refractivity contribution in [2.75, 3.05) is 0 Å². The maximum atomic E-state index is 10.3. The molecule has 1 saturated carbocycles. The van der Waals surface area contributed by atoms with Gasteiger partial charge in [-0.2, -0.15) is 0 Å². The van der Waals surface area contributed by atoms with E-state index in [2.05, 4.69) is 22.4 Å². The van der Waals surface area contributed by atoms with Gasteiger partial charge >= 0.3 is 0 Å². The van der Waals surface area contributed by atoms with Crippen LogP contribution in [0.2, 0.25) is 0 Å². The van der Waals surface area contributed by atoms with E-state index in [1.54, 1.807) is 0 Å². The van der Waals surface area contributed by atoms with E-state index >= 15 is 0 Å². The third-order valence-electron chi connectivity index (χ3n) is 4.73. The number of hydrogen-bond acceptors (Lipinski definition) is 4. The smallest absolute Gasteiger partial charge is 0.0959 e. The quantitative estimate of drug-likeness (QED) is 0.911. The van der Waals surface area contributed by atoms with Gasteiger partial charge in [0.1, 0.15) is 0 Å². The van der Waals surface area contributed by atoms with Gasteiger partial charge in [-0.1, -0.05) is 30.7 Å². The number of hydrogen-bond donors (Lipinski definition) is 2. The molecule has 0 bridgehead atoms. The van der Waals surface area contributed by atoms with Crippen molar-refractivity contribution in [1.82, 2.24) is 10.3 Å². The first kappa shape index (κ1) is 13.4. The summed E-state index contributed by atoms with van der Waals surface area (Å²) < 4.78 is 0. The zero-order chi connectivity index (χ0) is 14.2. The molecule has 0 amide bonds. The molecule has 1 aromatic carbocycles. The van der Waals surface area contributed by atoms with E-state index < -0.39 is 0 Å². The van der Waals surface area contributed by atoms with E-state index in [1.165, 1.54) is 40.3 Å². The fourth-order valence-electron chi connectivity index (χ4n) is 3.28. The summed E-state index contributed by atoms with van der Waals surface area (Å²) in [6.07, 6.45) is 6.39. The highest BCUT2D eigenvalue weighted by molar-refractivity contribution is 7.11. The van der Waals surface area contributed by atoms with Crippen LogP contribution in [0.1, 0.15) is 52.2 Å². The van der Waals surface area contributed by atoms with Gasteiger partial charge in [0.05, 0.1) is 17.2 Å². The van der Waals surface area contributed by atoms with Gasteiger partial charge in [-0.3, -0.25) is 0 Å². The van der Waals surface area contributed by atoms with Crippen molar-refractivity contribution in [3.8, 4) is 0 Å². The lowest BCUT2D eigenvalue weighted by atomic mass is 9.86. The fourth-order valence-corrected chi connectivity index (χ4v) is 4.32. The average Bonchev–Trinajstić information content (AvgIpc) is 2.99. The van der Waals surface area contributed by atoms with Crippen molar-refractivity contribution < 1.29 is 5.11 Å². The normalized spacial score (nSPS) is 24.8. The molecule has 0 radical (unpaired) electrons. The molecule has 4 rings (SSSR count). The molecule has 110 valence electrons. The predicted octanol–water partition coefficient (Wildman–Crippen LogP) is 3.16. The summed E-state index contributed by atoms with van der Waals surface area (Å²) in [5.74, 6) is 0.710. The van der Waals surface area contributed by atoms with Crippen molar-refractivity contribution in [1.29, 1.82) is 0 Å². The molecule has 4 heteroatoms. The first-order valence-corrected chi connectivity index (χ1v) is 8.57. The molecule has 3 nitrogen and oxygen atoms in total. The van der Waals surface area contributed by atoms with Crippen LogP contribution in [0.5, 0.6) is 0 Å². The van der Waals surface area contributed by atoms with Gasteiger partial charge in [0.25, 0.3) is 0 Å². The Bertz CT molecular complexity index is 635. The van der Waals surface area contributed by atoms with Crippen LogP contribution in [-0.2, 0) is 13.0 Å². The van der Waals surface area contributed by atoms with Crippen LogP contribution in [0.3, 0.4) is 0 Å². The van der Waals surface area contributed by atoms with Gasteiger partial charge in [-0.05, 0) is 24.0 Å². The Kier molecular flexibility index (Phi) is 3.53. The highest BCUT2D eigenvalue weighted by atomic mass is 32.1. The largest absolute Gasteiger partial charge is 0.391 e. The minimum absolute atomic E-state index is 0.0513. The summed E-state index contributed by atoms with van der Waals surface area (Å²) >= 11 is 1.83. The zero-order valence-corrected chi connectivity index (χ0v) is 12.8. The van der Waals surface area contributed by atoms with Crippen LogP contribution in [0.15, 0.2) is 30.5 Å². The van der Waals surface area contributed by atoms with Gasteiger partial charge in [0.15, 0.2) is 0 Å². The predicted molar refractivity (Wildman–Crippen MR) is 84.4 cm³/mol. The maximum absolute atomic E-state index is 10.3. The molecule has 2 aromatic rings. The fraction of sp³-hybridized carbons (Fsp3) is 0.471. The third-order valence-corrected chi connectivity index (χ3v) is 5.89. The third kappa shape index (κ3) is 2.52. The summed E-state index contributed by atoms with van der Waals surface area (Å²) in [4.78, 5) is 5.83. The molecule has 0 spiro atoms. The van der Waals surface area contributed by atoms with Crippen molar-refractivity contribution in [2.45, 2.75) is 50.3 Å². The Morgan fingerprint density at radius 2 is 2.14 bits per heavy atom. The Balaban J connectivity index is 1.43. The first-order chi connectivity index (χ1) is 10.3. The average molecular weight is 300 g/mol. The van der Waals surface area contributed by atoms with Crippen molar-refractivity contribution >= 4 is 11.3 Å². The van der Waals surface area contributed by atoms with Crippen LogP contribution in [0, 0.1) is 0 Å². The summed E-state index contributed by atoms with van der Waals surface area (Å²) in [6.45, 7) is 0.792. The molecule has 1 aromatic heterocycles. The van der Waals surface area contributed by atoms with Crippen molar-refractivity contribution in [3.05, 3.63) is 51.5 Å². The van der Waals surface area contributed by atoms with Gasteiger partial charge in [-0.25, -0.2) is 4.98 Å². The summed E-state index contributed by atoms with van der Waals surface area (Å²) in [6, 6.07) is 8.38. The van der Waals surface area contributed by atoms with Crippen LogP contribution in [0.25, 0.3) is 0 Å². The van der Waals surface area contributed by atoms with Crippen molar-refractivity contribution in [2.24, 2.45) is 0 Å². The Morgan fingerprint density at radius 3 is 2.95 bits per heavy atom. The van der Waals surface area contributed by atoms with E-state index in [9.17, 15) is 5.11 Å². The van der Waals surface area contributed by atoms with Gasteiger partial charge in [0.2, 0.25) is 0 Å². The minimum Gasteiger partial charge on any atom is -0.391 e. The Morgan fingerprint density at radius 1 is 1.29 bits per heavy atom. The first-order valence-electron chi connectivity index (χ1n) is 7.75. The lowest BCUT2D eigenvalue weighted by Crippen LogP contribution is -2.28. The molecule has 0 unspecified atom stereocenters. The van der Waals surface area contributed by atoms with Gasteiger partial charge in [0, 0.05) is 30.0 Å². The molecular formula is C17H20N2OS. The molecule has 1 fully saturated rings. The number of aliphatic hydroxyl groups excluding tert-OH is 1. The molecule has 21 heavy (non-hydrogen) atoms. The number of nitrogens with one attached hydrogen (secondary N) is 1. The number of rotatable bonds is 4. The Labute approximate surface area is 129 Å². The van der Waals surface area contributed by atoms with Crippen LogP contribution >= 0.6 is 11.3 Å². The minimum atomic E-state index is -0.318. The molecule has 2 aliphatic carbocycles. The number of aliphatic hydroxyl groups is 1. The maximum Gasteiger partial charge on any atom is 0.0959 e. The second kappa shape index (κ2) is 5.52.